The number of carbonyl (C=O) groups is 1. The van der Waals surface area contributed by atoms with E-state index < -0.39 is 17.3 Å². The maximum absolute atomic E-state index is 15.0. The van der Waals surface area contributed by atoms with Crippen LogP contribution in [0.2, 0.25) is 0 Å². The first-order chi connectivity index (χ1) is 12.3. The van der Waals surface area contributed by atoms with E-state index in [0.29, 0.717) is 29.9 Å². The summed E-state index contributed by atoms with van der Waals surface area (Å²) in [5.74, 6) is -1.33. The second kappa shape index (κ2) is 6.80. The number of aryl methyl sites for hydroxylation is 1. The molecule has 2 atom stereocenters. The lowest BCUT2D eigenvalue weighted by Crippen LogP contribution is -2.30. The van der Waals surface area contributed by atoms with Crippen molar-refractivity contribution in [2.45, 2.75) is 38.6 Å². The Balaban J connectivity index is 0.00000210. The van der Waals surface area contributed by atoms with Gasteiger partial charge in [-0.2, -0.15) is 0 Å². The van der Waals surface area contributed by atoms with Gasteiger partial charge in [0.05, 0.1) is 17.4 Å². The fourth-order valence-corrected chi connectivity index (χ4v) is 4.06. The maximum Gasteiger partial charge on any atom is 0.341 e. The van der Waals surface area contributed by atoms with Crippen molar-refractivity contribution in [1.82, 2.24) is 4.40 Å². The molecule has 27 heavy (non-hydrogen) atoms. The van der Waals surface area contributed by atoms with E-state index >= 15 is 0 Å². The van der Waals surface area contributed by atoms with E-state index in [1.807, 2.05) is 11.8 Å². The summed E-state index contributed by atoms with van der Waals surface area (Å²) in [7, 11) is 0. The molecule has 4 rings (SSSR count). The smallest absolute Gasteiger partial charge is 0.341 e. The quantitative estimate of drug-likeness (QED) is 0.833. The SMILES string of the molecule is Cc1c(N2CC(C)C(N)C2)c(F)cn2c(=O)c(C(=O)O)cc(C3CC3)c12.Cl. The normalized spacial score (nSPS) is 22.1. The van der Waals surface area contributed by atoms with Gasteiger partial charge in [-0.3, -0.25) is 9.20 Å². The summed E-state index contributed by atoms with van der Waals surface area (Å²) >= 11 is 0. The highest BCUT2D eigenvalue weighted by molar-refractivity contribution is 5.89. The first-order valence-electron chi connectivity index (χ1n) is 8.91. The standard InChI is InChI=1S/C19H22FN3O3.ClH/c1-9-6-22(8-15(9)21)17-10(2)16-12(11-3-4-11)5-13(19(25)26)18(24)23(16)7-14(17)20;/h5,7,9,11,15H,3-4,6,8,21H2,1-2H3,(H,25,26);1H. The van der Waals surface area contributed by atoms with Crippen LogP contribution in [0.25, 0.3) is 5.52 Å². The number of carboxylic acids is 1. The predicted octanol–water partition coefficient (Wildman–Crippen LogP) is 2.53. The Bertz CT molecular complexity index is 977. The fourth-order valence-electron chi connectivity index (χ4n) is 4.06. The lowest BCUT2D eigenvalue weighted by Gasteiger charge is -2.24. The molecule has 146 valence electrons. The number of nitrogens with two attached hydrogens (primary N) is 1. The Labute approximate surface area is 162 Å². The van der Waals surface area contributed by atoms with Crippen LogP contribution in [-0.2, 0) is 0 Å². The molecular formula is C19H23ClFN3O3. The molecule has 6 nitrogen and oxygen atoms in total. The van der Waals surface area contributed by atoms with Gasteiger partial charge in [0.25, 0.3) is 5.56 Å². The van der Waals surface area contributed by atoms with E-state index in [4.69, 9.17) is 5.73 Å². The zero-order chi connectivity index (χ0) is 18.7. The lowest BCUT2D eigenvalue weighted by molar-refractivity contribution is 0.0694. The van der Waals surface area contributed by atoms with Crippen LogP contribution >= 0.6 is 12.4 Å². The highest BCUT2D eigenvalue weighted by atomic mass is 35.5. The van der Waals surface area contributed by atoms with Gasteiger partial charge in [0, 0.05) is 19.1 Å². The van der Waals surface area contributed by atoms with Crippen molar-refractivity contribution >= 4 is 29.6 Å². The number of rotatable bonds is 3. The van der Waals surface area contributed by atoms with Gasteiger partial charge in [-0.1, -0.05) is 6.92 Å². The Morgan fingerprint density at radius 3 is 2.52 bits per heavy atom. The summed E-state index contributed by atoms with van der Waals surface area (Å²) in [6.07, 6.45) is 3.03. The monoisotopic (exact) mass is 395 g/mol. The molecule has 2 unspecified atom stereocenters. The molecule has 0 amide bonds. The third kappa shape index (κ3) is 3.08. The Morgan fingerprint density at radius 1 is 1.33 bits per heavy atom. The van der Waals surface area contributed by atoms with Gasteiger partial charge >= 0.3 is 5.97 Å². The van der Waals surface area contributed by atoms with Gasteiger partial charge in [-0.05, 0) is 48.8 Å². The van der Waals surface area contributed by atoms with Crippen molar-refractivity contribution in [1.29, 1.82) is 0 Å². The van der Waals surface area contributed by atoms with E-state index in [-0.39, 0.29) is 35.8 Å². The van der Waals surface area contributed by atoms with Crippen LogP contribution in [0.15, 0.2) is 17.1 Å². The third-order valence-corrected chi connectivity index (χ3v) is 5.68. The van der Waals surface area contributed by atoms with Gasteiger partial charge in [-0.15, -0.1) is 12.4 Å². The summed E-state index contributed by atoms with van der Waals surface area (Å²) < 4.78 is 16.1. The van der Waals surface area contributed by atoms with Gasteiger partial charge in [-0.25, -0.2) is 9.18 Å². The van der Waals surface area contributed by atoms with Gasteiger partial charge in [0.15, 0.2) is 5.82 Å². The van der Waals surface area contributed by atoms with Gasteiger partial charge < -0.3 is 15.7 Å². The van der Waals surface area contributed by atoms with E-state index in [9.17, 15) is 19.1 Å². The van der Waals surface area contributed by atoms with E-state index in [0.717, 1.165) is 24.6 Å². The molecule has 3 N–H and O–H groups in total. The van der Waals surface area contributed by atoms with E-state index in [1.54, 1.807) is 6.92 Å². The van der Waals surface area contributed by atoms with Crippen LogP contribution in [-0.4, -0.2) is 34.6 Å². The molecule has 2 aliphatic rings. The van der Waals surface area contributed by atoms with Gasteiger partial charge in [0.2, 0.25) is 0 Å². The first kappa shape index (κ1) is 19.6. The van der Waals surface area contributed by atoms with Crippen LogP contribution in [0.4, 0.5) is 10.1 Å². The largest absolute Gasteiger partial charge is 0.477 e. The summed E-state index contributed by atoms with van der Waals surface area (Å²) in [5.41, 5.74) is 7.67. The van der Waals surface area contributed by atoms with Crippen molar-refractivity contribution in [2.75, 3.05) is 18.0 Å². The minimum Gasteiger partial charge on any atom is -0.477 e. The second-order valence-electron chi connectivity index (χ2n) is 7.61. The molecule has 3 heterocycles. The molecule has 0 radical (unpaired) electrons. The Kier molecular flexibility index (Phi) is 4.94. The molecule has 1 aliphatic heterocycles. The van der Waals surface area contributed by atoms with Crippen LogP contribution in [0, 0.1) is 18.7 Å². The minimum absolute atomic E-state index is 0. The summed E-state index contributed by atoms with van der Waals surface area (Å²) in [6, 6.07) is 1.45. The molecule has 1 saturated carbocycles. The minimum atomic E-state index is -1.28. The van der Waals surface area contributed by atoms with Crippen molar-refractivity contribution < 1.29 is 14.3 Å². The second-order valence-corrected chi connectivity index (χ2v) is 7.61. The van der Waals surface area contributed by atoms with Crippen molar-refractivity contribution in [3.05, 3.63) is 45.1 Å². The molecule has 0 aromatic carbocycles. The number of hydrogen-bond acceptors (Lipinski definition) is 4. The summed E-state index contributed by atoms with van der Waals surface area (Å²) in [5, 5.41) is 9.35. The summed E-state index contributed by atoms with van der Waals surface area (Å²) in [6.45, 7) is 5.06. The number of aromatic nitrogens is 1. The molecule has 8 heteroatoms. The lowest BCUT2D eigenvalue weighted by atomic mass is 10.0. The third-order valence-electron chi connectivity index (χ3n) is 5.68. The summed E-state index contributed by atoms with van der Waals surface area (Å²) in [4.78, 5) is 26.0. The van der Waals surface area contributed by atoms with Crippen molar-refractivity contribution in [2.24, 2.45) is 11.7 Å². The Morgan fingerprint density at radius 2 is 2.00 bits per heavy atom. The number of nitrogens with zero attached hydrogens (tertiary/aromatic N) is 2. The predicted molar refractivity (Wildman–Crippen MR) is 104 cm³/mol. The number of carboxylic acid groups (broad SMARTS) is 1. The highest BCUT2D eigenvalue weighted by Gasteiger charge is 2.33. The Hall–Kier alpha value is -2.12. The molecule has 1 saturated heterocycles. The molecule has 0 bridgehead atoms. The first-order valence-corrected chi connectivity index (χ1v) is 8.91. The van der Waals surface area contributed by atoms with Crippen LogP contribution in [0.3, 0.4) is 0 Å². The van der Waals surface area contributed by atoms with Gasteiger partial charge in [0.1, 0.15) is 5.56 Å². The van der Waals surface area contributed by atoms with Crippen LogP contribution < -0.4 is 16.2 Å². The molecular weight excluding hydrogens is 373 g/mol. The number of aromatic carboxylic acids is 1. The molecule has 1 aliphatic carbocycles. The molecule has 2 aromatic rings. The number of hydrogen-bond donors (Lipinski definition) is 2. The maximum atomic E-state index is 15.0. The number of fused-ring (bicyclic) bond motifs is 1. The van der Waals surface area contributed by atoms with E-state index in [1.165, 1.54) is 10.5 Å². The average Bonchev–Trinajstić information content (AvgIpc) is 3.35. The molecule has 0 spiro atoms. The van der Waals surface area contributed by atoms with Crippen molar-refractivity contribution in [3.8, 4) is 0 Å². The van der Waals surface area contributed by atoms with Crippen molar-refractivity contribution in [3.63, 3.8) is 0 Å². The number of pyridine rings is 2. The topological polar surface area (TPSA) is 88.0 Å². The fraction of sp³-hybridized carbons (Fsp3) is 0.474. The molecule has 2 aromatic heterocycles. The highest BCUT2D eigenvalue weighted by Crippen LogP contribution is 2.44. The van der Waals surface area contributed by atoms with Crippen LogP contribution in [0.5, 0.6) is 0 Å². The zero-order valence-electron chi connectivity index (χ0n) is 15.2. The van der Waals surface area contributed by atoms with Crippen LogP contribution in [0.1, 0.15) is 47.2 Å². The zero-order valence-corrected chi connectivity index (χ0v) is 16.1. The van der Waals surface area contributed by atoms with E-state index in [2.05, 4.69) is 0 Å². The molecule has 2 fully saturated rings. The number of halogens is 2. The average molecular weight is 396 g/mol. The number of anilines is 1.